The lowest BCUT2D eigenvalue weighted by atomic mass is 9.97. The van der Waals surface area contributed by atoms with Gasteiger partial charge in [-0.2, -0.15) is 0 Å². The zero-order valence-corrected chi connectivity index (χ0v) is 9.35. The maximum absolute atomic E-state index is 11.0. The number of piperidine rings is 1. The van der Waals surface area contributed by atoms with Crippen molar-refractivity contribution in [1.29, 1.82) is 0 Å². The Bertz CT molecular complexity index is 280. The van der Waals surface area contributed by atoms with E-state index in [9.17, 15) is 14.7 Å². The number of rotatable bonds is 3. The molecule has 0 aromatic carbocycles. The molecule has 1 fully saturated rings. The molecule has 1 saturated heterocycles. The van der Waals surface area contributed by atoms with Gasteiger partial charge in [0.15, 0.2) is 0 Å². The summed E-state index contributed by atoms with van der Waals surface area (Å²) in [5, 5.41) is 10.5. The van der Waals surface area contributed by atoms with Crippen molar-refractivity contribution in [2.45, 2.75) is 19.8 Å². The van der Waals surface area contributed by atoms with E-state index in [2.05, 4.69) is 0 Å². The second kappa shape index (κ2) is 6.15. The summed E-state index contributed by atoms with van der Waals surface area (Å²) in [6, 6.07) is 0. The van der Waals surface area contributed by atoms with Gasteiger partial charge in [0.2, 0.25) is 0 Å². The summed E-state index contributed by atoms with van der Waals surface area (Å²) in [6.45, 7) is 3.07. The van der Waals surface area contributed by atoms with E-state index in [0.29, 0.717) is 19.7 Å². The quantitative estimate of drug-likeness (QED) is 0.508. The lowest BCUT2D eigenvalue weighted by Gasteiger charge is -2.32. The SMILES string of the molecule is CCOC(=O)/C=C/C1CCN(C(=O)[O-])CC1. The number of amides is 1. The van der Waals surface area contributed by atoms with Gasteiger partial charge in [-0.05, 0) is 25.7 Å². The molecule has 0 atom stereocenters. The van der Waals surface area contributed by atoms with Gasteiger partial charge in [-0.3, -0.25) is 0 Å². The Hall–Kier alpha value is -1.52. The Balaban J connectivity index is 2.31. The molecule has 0 saturated carbocycles. The highest BCUT2D eigenvalue weighted by Gasteiger charge is 2.16. The number of hydrogen-bond donors (Lipinski definition) is 0. The van der Waals surface area contributed by atoms with Gasteiger partial charge in [0.05, 0.1) is 6.61 Å². The average Bonchev–Trinajstić information content (AvgIpc) is 2.27. The number of nitrogens with zero attached hydrogens (tertiary/aromatic N) is 1. The van der Waals surface area contributed by atoms with E-state index in [4.69, 9.17) is 4.74 Å². The molecule has 1 aliphatic rings. The van der Waals surface area contributed by atoms with Crippen molar-refractivity contribution in [3.8, 4) is 0 Å². The minimum Gasteiger partial charge on any atom is -0.530 e. The number of carbonyl (C=O) groups is 2. The Morgan fingerprint density at radius 1 is 1.44 bits per heavy atom. The predicted molar refractivity (Wildman–Crippen MR) is 55.5 cm³/mol. The molecule has 0 N–H and O–H groups in total. The van der Waals surface area contributed by atoms with Crippen molar-refractivity contribution in [1.82, 2.24) is 4.90 Å². The predicted octanol–water partition coefficient (Wildman–Crippen LogP) is 0.161. The number of esters is 1. The minimum atomic E-state index is -1.12. The fourth-order valence-corrected chi connectivity index (χ4v) is 1.68. The Morgan fingerprint density at radius 3 is 2.56 bits per heavy atom. The molecule has 1 heterocycles. The van der Waals surface area contributed by atoms with Gasteiger partial charge >= 0.3 is 5.97 Å². The van der Waals surface area contributed by atoms with Crippen LogP contribution in [0.2, 0.25) is 0 Å². The van der Waals surface area contributed by atoms with Crippen molar-refractivity contribution >= 4 is 12.1 Å². The summed E-state index contributed by atoms with van der Waals surface area (Å²) in [4.78, 5) is 22.9. The minimum absolute atomic E-state index is 0.250. The summed E-state index contributed by atoms with van der Waals surface area (Å²) in [5.41, 5.74) is 0. The van der Waals surface area contributed by atoms with Gasteiger partial charge < -0.3 is 19.5 Å². The fraction of sp³-hybridized carbons (Fsp3) is 0.636. The Kier molecular flexibility index (Phi) is 4.82. The van der Waals surface area contributed by atoms with Gasteiger partial charge in [0, 0.05) is 19.2 Å². The maximum atomic E-state index is 11.0. The second-order valence-electron chi connectivity index (χ2n) is 3.70. The van der Waals surface area contributed by atoms with Crippen LogP contribution in [0.5, 0.6) is 0 Å². The molecule has 1 rings (SSSR count). The third kappa shape index (κ3) is 3.92. The van der Waals surface area contributed by atoms with Gasteiger partial charge in [0.25, 0.3) is 0 Å². The first kappa shape index (κ1) is 12.5. The summed E-state index contributed by atoms with van der Waals surface area (Å²) >= 11 is 0. The fourth-order valence-electron chi connectivity index (χ4n) is 1.68. The van der Waals surface area contributed by atoms with Crippen molar-refractivity contribution in [3.63, 3.8) is 0 Å². The van der Waals surface area contributed by atoms with Crippen LogP contribution in [0.15, 0.2) is 12.2 Å². The normalized spacial score (nSPS) is 17.7. The topological polar surface area (TPSA) is 69.7 Å². The van der Waals surface area contributed by atoms with Crippen molar-refractivity contribution in [2.75, 3.05) is 19.7 Å². The number of carbonyl (C=O) groups excluding carboxylic acids is 2. The van der Waals surface area contributed by atoms with Gasteiger partial charge in [-0.15, -0.1) is 0 Å². The standard InChI is InChI=1S/C11H17NO4/c1-2-16-10(13)4-3-9-5-7-12(8-6-9)11(14)15/h3-4,9H,2,5-8H2,1H3,(H,14,15)/p-1/b4-3+. The zero-order chi connectivity index (χ0) is 12.0. The first-order chi connectivity index (χ1) is 7.63. The van der Waals surface area contributed by atoms with Crippen LogP contribution in [-0.4, -0.2) is 36.7 Å². The highest BCUT2D eigenvalue weighted by Crippen LogP contribution is 2.17. The molecule has 0 unspecified atom stereocenters. The summed E-state index contributed by atoms with van der Waals surface area (Å²) in [7, 11) is 0. The van der Waals surface area contributed by atoms with Crippen molar-refractivity contribution in [3.05, 3.63) is 12.2 Å². The molecule has 0 aliphatic carbocycles. The van der Waals surface area contributed by atoms with Crippen LogP contribution in [0.4, 0.5) is 4.79 Å². The van der Waals surface area contributed by atoms with Gasteiger partial charge in [-0.25, -0.2) is 4.79 Å². The first-order valence-electron chi connectivity index (χ1n) is 5.44. The van der Waals surface area contributed by atoms with E-state index in [1.54, 1.807) is 13.0 Å². The molecule has 16 heavy (non-hydrogen) atoms. The number of carboxylic acid groups (broad SMARTS) is 1. The van der Waals surface area contributed by atoms with Crippen LogP contribution in [0.25, 0.3) is 0 Å². The number of likely N-dealkylation sites (tertiary alicyclic amines) is 1. The average molecular weight is 226 g/mol. The first-order valence-corrected chi connectivity index (χ1v) is 5.44. The Morgan fingerprint density at radius 2 is 2.06 bits per heavy atom. The third-order valence-electron chi connectivity index (χ3n) is 2.59. The van der Waals surface area contributed by atoms with Crippen LogP contribution in [-0.2, 0) is 9.53 Å². The second-order valence-corrected chi connectivity index (χ2v) is 3.70. The van der Waals surface area contributed by atoms with E-state index in [-0.39, 0.29) is 11.9 Å². The molecule has 1 amide bonds. The van der Waals surface area contributed by atoms with Crippen molar-refractivity contribution < 1.29 is 19.4 Å². The Labute approximate surface area is 94.7 Å². The number of hydrogen-bond acceptors (Lipinski definition) is 4. The molecule has 0 radical (unpaired) electrons. The molecule has 90 valence electrons. The smallest absolute Gasteiger partial charge is 0.330 e. The van der Waals surface area contributed by atoms with E-state index >= 15 is 0 Å². The van der Waals surface area contributed by atoms with Crippen molar-refractivity contribution in [2.24, 2.45) is 5.92 Å². The summed E-state index contributed by atoms with van der Waals surface area (Å²) in [6.07, 6.45) is 3.55. The number of allylic oxidation sites excluding steroid dienone is 1. The molecule has 1 aliphatic heterocycles. The largest absolute Gasteiger partial charge is 0.530 e. The van der Waals surface area contributed by atoms with E-state index in [1.165, 1.54) is 11.0 Å². The van der Waals surface area contributed by atoms with Crippen LogP contribution in [0, 0.1) is 5.92 Å². The van der Waals surface area contributed by atoms with Crippen LogP contribution in [0.3, 0.4) is 0 Å². The van der Waals surface area contributed by atoms with Gasteiger partial charge in [-0.1, -0.05) is 6.08 Å². The van der Waals surface area contributed by atoms with Crippen LogP contribution < -0.4 is 5.11 Å². The van der Waals surface area contributed by atoms with Gasteiger partial charge in [0.1, 0.15) is 6.09 Å². The van der Waals surface area contributed by atoms with E-state index in [0.717, 1.165) is 12.8 Å². The highest BCUT2D eigenvalue weighted by molar-refractivity contribution is 5.81. The van der Waals surface area contributed by atoms with Crippen LogP contribution >= 0.6 is 0 Å². The molecular formula is C11H16NO4-. The van der Waals surface area contributed by atoms with E-state index in [1.807, 2.05) is 0 Å². The molecule has 5 heteroatoms. The molecule has 0 bridgehead atoms. The third-order valence-corrected chi connectivity index (χ3v) is 2.59. The molecule has 5 nitrogen and oxygen atoms in total. The van der Waals surface area contributed by atoms with Crippen LogP contribution in [0.1, 0.15) is 19.8 Å². The summed E-state index contributed by atoms with van der Waals surface area (Å²) in [5.74, 6) is -0.0927. The van der Waals surface area contributed by atoms with E-state index < -0.39 is 6.09 Å². The lowest BCUT2D eigenvalue weighted by molar-refractivity contribution is -0.266. The maximum Gasteiger partial charge on any atom is 0.330 e. The number of ether oxygens (including phenoxy) is 1. The molecule has 0 aromatic rings. The monoisotopic (exact) mass is 226 g/mol. The highest BCUT2D eigenvalue weighted by atomic mass is 16.5. The summed E-state index contributed by atoms with van der Waals surface area (Å²) < 4.78 is 4.75. The molecular weight excluding hydrogens is 210 g/mol. The molecule has 0 spiro atoms. The zero-order valence-electron chi connectivity index (χ0n) is 9.35. The molecule has 0 aromatic heterocycles. The lowest BCUT2D eigenvalue weighted by Crippen LogP contribution is -2.45.